The van der Waals surface area contributed by atoms with Gasteiger partial charge >= 0.3 is 11.9 Å². The van der Waals surface area contributed by atoms with Crippen LogP contribution in [0.1, 0.15) is 33.6 Å². The van der Waals surface area contributed by atoms with E-state index in [-0.39, 0.29) is 5.54 Å². The van der Waals surface area contributed by atoms with Crippen LogP contribution in [-0.2, 0) is 15.1 Å². The molecule has 8 nitrogen and oxygen atoms in total. The highest BCUT2D eigenvalue weighted by Crippen LogP contribution is 2.16. The van der Waals surface area contributed by atoms with Crippen molar-refractivity contribution in [2.75, 3.05) is 26.2 Å². The molecule has 1 aromatic heterocycles. The van der Waals surface area contributed by atoms with Crippen molar-refractivity contribution in [1.82, 2.24) is 14.7 Å². The van der Waals surface area contributed by atoms with Crippen molar-refractivity contribution in [3.63, 3.8) is 0 Å². The molecule has 0 saturated carbocycles. The summed E-state index contributed by atoms with van der Waals surface area (Å²) < 4.78 is 7.61. The molecule has 1 fully saturated rings. The van der Waals surface area contributed by atoms with Crippen LogP contribution in [-0.4, -0.2) is 63.1 Å². The Hall–Kier alpha value is -2.09. The largest absolute Gasteiger partial charge is 0.475 e. The molecule has 1 aromatic rings. The van der Waals surface area contributed by atoms with Crippen molar-refractivity contribution >= 4 is 11.9 Å². The lowest BCUT2D eigenvalue weighted by Crippen LogP contribution is -2.25. The molecule has 8 heteroatoms. The van der Waals surface area contributed by atoms with Gasteiger partial charge in [-0.25, -0.2) is 9.59 Å². The lowest BCUT2D eigenvalue weighted by atomic mass is 10.1. The Labute approximate surface area is 135 Å². The van der Waals surface area contributed by atoms with Gasteiger partial charge in [0.2, 0.25) is 5.88 Å². The molecule has 1 saturated heterocycles. The molecule has 2 rings (SSSR count). The molecule has 2 heterocycles. The molecule has 2 N–H and O–H groups in total. The molecule has 0 amide bonds. The van der Waals surface area contributed by atoms with Gasteiger partial charge in [-0.1, -0.05) is 0 Å². The zero-order chi connectivity index (χ0) is 17.5. The average Bonchev–Trinajstić information content (AvgIpc) is 3.09. The van der Waals surface area contributed by atoms with Crippen LogP contribution in [0.25, 0.3) is 0 Å². The van der Waals surface area contributed by atoms with Crippen LogP contribution in [0.2, 0.25) is 0 Å². The molecule has 1 aliphatic rings. The number of aromatic nitrogens is 2. The molecule has 130 valence electrons. The van der Waals surface area contributed by atoms with E-state index in [4.69, 9.17) is 24.5 Å². The standard InChI is InChI=1S/C13H23N3O.C2H2O4/c1-13(2,3)16-9-6-12(14-16)17-11-10-15-7-4-5-8-15;3-1(4)2(5)6/h6,9H,4-5,7-8,10-11H2,1-3H3;(H,3,4)(H,5,6). The van der Waals surface area contributed by atoms with Crippen molar-refractivity contribution in [2.45, 2.75) is 39.2 Å². The quantitative estimate of drug-likeness (QED) is 0.802. The number of aliphatic carboxylic acids is 2. The molecule has 0 aromatic carbocycles. The third-order valence-electron chi connectivity index (χ3n) is 3.29. The van der Waals surface area contributed by atoms with E-state index in [1.807, 2.05) is 16.9 Å². The number of nitrogens with zero attached hydrogens (tertiary/aromatic N) is 3. The topological polar surface area (TPSA) is 105 Å². The Morgan fingerprint density at radius 1 is 1.22 bits per heavy atom. The van der Waals surface area contributed by atoms with Crippen molar-refractivity contribution in [3.05, 3.63) is 12.3 Å². The number of rotatable bonds is 4. The molecule has 0 bridgehead atoms. The Morgan fingerprint density at radius 3 is 2.22 bits per heavy atom. The lowest BCUT2D eigenvalue weighted by Gasteiger charge is -2.18. The van der Waals surface area contributed by atoms with Gasteiger partial charge in [-0.2, -0.15) is 0 Å². The fourth-order valence-electron chi connectivity index (χ4n) is 2.04. The van der Waals surface area contributed by atoms with E-state index in [1.165, 1.54) is 25.9 Å². The van der Waals surface area contributed by atoms with Crippen LogP contribution in [0.15, 0.2) is 12.3 Å². The Balaban J connectivity index is 0.000000379. The average molecular weight is 327 g/mol. The van der Waals surface area contributed by atoms with Gasteiger partial charge in [0.15, 0.2) is 0 Å². The van der Waals surface area contributed by atoms with E-state index in [2.05, 4.69) is 30.8 Å². The Bertz CT molecular complexity index is 503. The van der Waals surface area contributed by atoms with Crippen LogP contribution < -0.4 is 4.74 Å². The highest BCUT2D eigenvalue weighted by Gasteiger charge is 2.15. The van der Waals surface area contributed by atoms with Gasteiger partial charge in [-0.3, -0.25) is 9.58 Å². The molecule has 0 unspecified atom stereocenters. The highest BCUT2D eigenvalue weighted by atomic mass is 16.5. The van der Waals surface area contributed by atoms with Gasteiger partial charge in [0.25, 0.3) is 0 Å². The Kier molecular flexibility index (Phi) is 7.02. The zero-order valence-corrected chi connectivity index (χ0v) is 13.9. The second kappa shape index (κ2) is 8.52. The van der Waals surface area contributed by atoms with E-state index in [9.17, 15) is 0 Å². The fourth-order valence-corrected chi connectivity index (χ4v) is 2.04. The first-order chi connectivity index (χ1) is 10.7. The van der Waals surface area contributed by atoms with E-state index in [1.54, 1.807) is 0 Å². The van der Waals surface area contributed by atoms with Crippen molar-refractivity contribution in [3.8, 4) is 5.88 Å². The van der Waals surface area contributed by atoms with Gasteiger partial charge in [0.05, 0.1) is 5.54 Å². The smallest absolute Gasteiger partial charge is 0.414 e. The Morgan fingerprint density at radius 2 is 1.78 bits per heavy atom. The van der Waals surface area contributed by atoms with Gasteiger partial charge in [-0.05, 0) is 46.7 Å². The third-order valence-corrected chi connectivity index (χ3v) is 3.29. The molecule has 0 atom stereocenters. The number of hydrogen-bond donors (Lipinski definition) is 2. The second-order valence-electron chi connectivity index (χ2n) is 6.28. The van der Waals surface area contributed by atoms with E-state index in [0.29, 0.717) is 0 Å². The molecule has 0 radical (unpaired) electrons. The minimum absolute atomic E-state index is 0.0244. The maximum atomic E-state index is 9.10. The van der Waals surface area contributed by atoms with Crippen molar-refractivity contribution in [2.24, 2.45) is 0 Å². The van der Waals surface area contributed by atoms with Gasteiger partial charge in [0.1, 0.15) is 6.61 Å². The number of ether oxygens (including phenoxy) is 1. The minimum Gasteiger partial charge on any atom is -0.475 e. The van der Waals surface area contributed by atoms with E-state index < -0.39 is 11.9 Å². The first-order valence-electron chi connectivity index (χ1n) is 7.57. The summed E-state index contributed by atoms with van der Waals surface area (Å²) in [5, 5.41) is 19.2. The van der Waals surface area contributed by atoms with E-state index in [0.717, 1.165) is 19.0 Å². The minimum atomic E-state index is -1.82. The fraction of sp³-hybridized carbons (Fsp3) is 0.667. The van der Waals surface area contributed by atoms with E-state index >= 15 is 0 Å². The van der Waals surface area contributed by atoms with Crippen LogP contribution in [0.4, 0.5) is 0 Å². The summed E-state index contributed by atoms with van der Waals surface area (Å²) in [6.45, 7) is 10.6. The third kappa shape index (κ3) is 7.14. The second-order valence-corrected chi connectivity index (χ2v) is 6.28. The van der Waals surface area contributed by atoms with Crippen LogP contribution in [0.3, 0.4) is 0 Å². The summed E-state index contributed by atoms with van der Waals surface area (Å²) in [4.78, 5) is 20.6. The van der Waals surface area contributed by atoms with Crippen molar-refractivity contribution < 1.29 is 24.5 Å². The maximum Gasteiger partial charge on any atom is 0.414 e. The zero-order valence-electron chi connectivity index (χ0n) is 13.9. The molecule has 1 aliphatic heterocycles. The van der Waals surface area contributed by atoms with Gasteiger partial charge in [-0.15, -0.1) is 5.10 Å². The predicted octanol–water partition coefficient (Wildman–Crippen LogP) is 1.27. The summed E-state index contributed by atoms with van der Waals surface area (Å²) in [7, 11) is 0. The number of carboxylic acids is 2. The summed E-state index contributed by atoms with van der Waals surface area (Å²) in [5.74, 6) is -2.91. The van der Waals surface area contributed by atoms with Crippen LogP contribution in [0.5, 0.6) is 5.88 Å². The normalized spacial score (nSPS) is 14.9. The number of hydrogen-bond acceptors (Lipinski definition) is 5. The predicted molar refractivity (Wildman–Crippen MR) is 83.7 cm³/mol. The highest BCUT2D eigenvalue weighted by molar-refractivity contribution is 6.27. The number of carboxylic acid groups (broad SMARTS) is 2. The first-order valence-corrected chi connectivity index (χ1v) is 7.57. The van der Waals surface area contributed by atoms with Crippen LogP contribution >= 0.6 is 0 Å². The van der Waals surface area contributed by atoms with Crippen molar-refractivity contribution in [1.29, 1.82) is 0 Å². The summed E-state index contributed by atoms with van der Waals surface area (Å²) >= 11 is 0. The summed E-state index contributed by atoms with van der Waals surface area (Å²) in [6.07, 6.45) is 4.64. The molecule has 23 heavy (non-hydrogen) atoms. The number of carbonyl (C=O) groups is 2. The van der Waals surface area contributed by atoms with Crippen LogP contribution in [0, 0.1) is 0 Å². The molecular weight excluding hydrogens is 302 g/mol. The summed E-state index contributed by atoms with van der Waals surface area (Å²) in [6, 6.07) is 1.94. The molecule has 0 aliphatic carbocycles. The monoisotopic (exact) mass is 327 g/mol. The molecular formula is C15H25N3O5. The van der Waals surface area contributed by atoms with Gasteiger partial charge < -0.3 is 14.9 Å². The lowest BCUT2D eigenvalue weighted by molar-refractivity contribution is -0.159. The first kappa shape index (κ1) is 19.0. The SMILES string of the molecule is CC(C)(C)n1ccc(OCCN2CCCC2)n1.O=C(O)C(=O)O. The summed E-state index contributed by atoms with van der Waals surface area (Å²) in [5.41, 5.74) is 0.0244. The molecule has 0 spiro atoms. The van der Waals surface area contributed by atoms with Gasteiger partial charge in [0, 0.05) is 18.8 Å². The maximum absolute atomic E-state index is 9.10. The number of likely N-dealkylation sites (tertiary alicyclic amines) is 1.